The standard InChI is InChI=1S/C12H17BrO2/c1-2-3-4-5-6-9-12(14)15-11-8-7-10-13/h7-8H,2-5,10-11H2,1H3/b8-7+. The smallest absolute Gasteiger partial charge is 0.384 e. The lowest BCUT2D eigenvalue weighted by atomic mass is 10.2. The minimum Gasteiger partial charge on any atom is -0.452 e. The number of unbranched alkanes of at least 4 members (excludes halogenated alkanes) is 3. The molecule has 0 aromatic heterocycles. The molecule has 0 radical (unpaired) electrons. The first kappa shape index (κ1) is 14.2. The monoisotopic (exact) mass is 272 g/mol. The largest absolute Gasteiger partial charge is 0.452 e. The maximum atomic E-state index is 11.0. The summed E-state index contributed by atoms with van der Waals surface area (Å²) in [6, 6.07) is 0. The van der Waals surface area contributed by atoms with Crippen LogP contribution in [0.25, 0.3) is 0 Å². The summed E-state index contributed by atoms with van der Waals surface area (Å²) in [5.74, 6) is 4.83. The quantitative estimate of drug-likeness (QED) is 0.186. The second kappa shape index (κ2) is 11.3. The Morgan fingerprint density at radius 1 is 1.40 bits per heavy atom. The Hall–Kier alpha value is -0.750. The third-order valence-electron chi connectivity index (χ3n) is 1.66. The highest BCUT2D eigenvalue weighted by atomic mass is 79.9. The minimum atomic E-state index is -0.439. The molecular weight excluding hydrogens is 256 g/mol. The lowest BCUT2D eigenvalue weighted by Crippen LogP contribution is -2.00. The highest BCUT2D eigenvalue weighted by Gasteiger charge is 1.92. The van der Waals surface area contributed by atoms with E-state index < -0.39 is 5.97 Å². The molecule has 0 unspecified atom stereocenters. The SMILES string of the molecule is CCCCCC#CC(=O)OC/C=C/CBr. The summed E-state index contributed by atoms with van der Waals surface area (Å²) in [6.45, 7) is 2.44. The predicted octanol–water partition coefficient (Wildman–Crippen LogP) is 3.06. The van der Waals surface area contributed by atoms with E-state index in [1.165, 1.54) is 6.42 Å². The van der Waals surface area contributed by atoms with Crippen molar-refractivity contribution in [2.24, 2.45) is 0 Å². The normalized spacial score (nSPS) is 9.73. The Labute approximate surface area is 100 Å². The number of halogens is 1. The Bertz CT molecular complexity index is 248. The molecule has 3 heteroatoms. The molecule has 0 aromatic rings. The second-order valence-corrected chi connectivity index (χ2v) is 3.63. The van der Waals surface area contributed by atoms with Crippen LogP contribution < -0.4 is 0 Å². The van der Waals surface area contributed by atoms with Gasteiger partial charge < -0.3 is 4.74 Å². The first-order valence-corrected chi connectivity index (χ1v) is 6.30. The summed E-state index contributed by atoms with van der Waals surface area (Å²) in [7, 11) is 0. The molecule has 0 aliphatic rings. The molecule has 0 N–H and O–H groups in total. The van der Waals surface area contributed by atoms with Crippen LogP contribution in [0.4, 0.5) is 0 Å². The van der Waals surface area contributed by atoms with Crippen molar-refractivity contribution in [3.63, 3.8) is 0 Å². The fourth-order valence-electron chi connectivity index (χ4n) is 0.889. The van der Waals surface area contributed by atoms with E-state index in [9.17, 15) is 4.79 Å². The van der Waals surface area contributed by atoms with Crippen molar-refractivity contribution in [3.05, 3.63) is 12.2 Å². The zero-order valence-corrected chi connectivity index (χ0v) is 10.7. The molecule has 0 heterocycles. The maximum Gasteiger partial charge on any atom is 0.384 e. The number of rotatable bonds is 6. The van der Waals surface area contributed by atoms with Crippen molar-refractivity contribution in [2.75, 3.05) is 11.9 Å². The average Bonchev–Trinajstić information content (AvgIpc) is 2.24. The molecule has 0 aliphatic carbocycles. The van der Waals surface area contributed by atoms with Crippen LogP contribution in [0, 0.1) is 11.8 Å². The molecule has 0 bridgehead atoms. The van der Waals surface area contributed by atoms with E-state index in [1.54, 1.807) is 6.08 Å². The van der Waals surface area contributed by atoms with Crippen LogP contribution in [-0.2, 0) is 9.53 Å². The Kier molecular flexibility index (Phi) is 10.8. The molecule has 84 valence electrons. The summed E-state index contributed by atoms with van der Waals surface area (Å²) in [5, 5.41) is 0.771. The zero-order valence-electron chi connectivity index (χ0n) is 9.09. The number of hydrogen-bond acceptors (Lipinski definition) is 2. The van der Waals surface area contributed by atoms with E-state index in [0.717, 1.165) is 24.6 Å². The minimum absolute atomic E-state index is 0.300. The van der Waals surface area contributed by atoms with Gasteiger partial charge in [-0.2, -0.15) is 0 Å². The van der Waals surface area contributed by atoms with Gasteiger partial charge in [0.25, 0.3) is 0 Å². The second-order valence-electron chi connectivity index (χ2n) is 2.98. The number of ether oxygens (including phenoxy) is 1. The van der Waals surface area contributed by atoms with Crippen LogP contribution in [0.2, 0.25) is 0 Å². The highest BCUT2D eigenvalue weighted by Crippen LogP contribution is 1.96. The van der Waals surface area contributed by atoms with E-state index >= 15 is 0 Å². The van der Waals surface area contributed by atoms with Crippen LogP contribution in [0.5, 0.6) is 0 Å². The van der Waals surface area contributed by atoms with Crippen molar-refractivity contribution < 1.29 is 9.53 Å². The van der Waals surface area contributed by atoms with E-state index in [1.807, 2.05) is 6.08 Å². The molecule has 0 spiro atoms. The van der Waals surface area contributed by atoms with E-state index in [4.69, 9.17) is 4.74 Å². The predicted molar refractivity (Wildman–Crippen MR) is 65.8 cm³/mol. The van der Waals surface area contributed by atoms with Crippen LogP contribution in [-0.4, -0.2) is 17.9 Å². The summed E-state index contributed by atoms with van der Waals surface area (Å²) in [4.78, 5) is 11.0. The number of allylic oxidation sites excluding steroid dienone is 1. The van der Waals surface area contributed by atoms with Gasteiger partial charge in [-0.05, 0) is 6.42 Å². The highest BCUT2D eigenvalue weighted by molar-refractivity contribution is 9.09. The van der Waals surface area contributed by atoms with Gasteiger partial charge in [0.05, 0.1) is 0 Å². The van der Waals surface area contributed by atoms with Crippen LogP contribution >= 0.6 is 15.9 Å². The van der Waals surface area contributed by atoms with E-state index in [2.05, 4.69) is 34.7 Å². The van der Waals surface area contributed by atoms with Gasteiger partial charge in [0.2, 0.25) is 0 Å². The van der Waals surface area contributed by atoms with E-state index in [0.29, 0.717) is 6.61 Å². The first-order chi connectivity index (χ1) is 7.31. The van der Waals surface area contributed by atoms with Crippen molar-refractivity contribution in [3.8, 4) is 11.8 Å². The summed E-state index contributed by atoms with van der Waals surface area (Å²) in [6.07, 6.45) is 7.83. The fourth-order valence-corrected chi connectivity index (χ4v) is 1.15. The number of carbonyl (C=O) groups excluding carboxylic acids is 1. The van der Waals surface area contributed by atoms with E-state index in [-0.39, 0.29) is 0 Å². The van der Waals surface area contributed by atoms with Crippen molar-refractivity contribution in [1.82, 2.24) is 0 Å². The molecule has 0 atom stereocenters. The van der Waals surface area contributed by atoms with Crippen LogP contribution in [0.15, 0.2) is 12.2 Å². The van der Waals surface area contributed by atoms with Crippen LogP contribution in [0.3, 0.4) is 0 Å². The number of hydrogen-bond donors (Lipinski definition) is 0. The Morgan fingerprint density at radius 3 is 2.87 bits per heavy atom. The molecule has 0 saturated carbocycles. The third kappa shape index (κ3) is 11.2. The summed E-state index contributed by atoms with van der Waals surface area (Å²) in [5.41, 5.74) is 0. The van der Waals surface area contributed by atoms with Crippen molar-refractivity contribution >= 4 is 21.9 Å². The van der Waals surface area contributed by atoms with Crippen LogP contribution in [0.1, 0.15) is 32.6 Å². The Balaban J connectivity index is 3.50. The lowest BCUT2D eigenvalue weighted by Gasteiger charge is -1.93. The van der Waals surface area contributed by atoms with Gasteiger partial charge in [-0.1, -0.05) is 53.8 Å². The molecule has 0 saturated heterocycles. The van der Waals surface area contributed by atoms with Gasteiger partial charge in [-0.3, -0.25) is 0 Å². The number of esters is 1. The fraction of sp³-hybridized carbons (Fsp3) is 0.583. The summed E-state index contributed by atoms with van der Waals surface area (Å²) >= 11 is 3.23. The van der Waals surface area contributed by atoms with Gasteiger partial charge in [-0.25, -0.2) is 4.79 Å². The topological polar surface area (TPSA) is 26.3 Å². The zero-order chi connectivity index (χ0) is 11.4. The molecule has 0 rings (SSSR count). The van der Waals surface area contributed by atoms with Gasteiger partial charge in [0.1, 0.15) is 6.61 Å². The lowest BCUT2D eigenvalue weighted by molar-refractivity contribution is -0.135. The molecule has 15 heavy (non-hydrogen) atoms. The molecule has 0 fully saturated rings. The van der Waals surface area contributed by atoms with Gasteiger partial charge in [0.15, 0.2) is 0 Å². The molecule has 0 aliphatic heterocycles. The van der Waals surface area contributed by atoms with Gasteiger partial charge >= 0.3 is 5.97 Å². The van der Waals surface area contributed by atoms with Crippen molar-refractivity contribution in [2.45, 2.75) is 32.6 Å². The number of carbonyl (C=O) groups is 1. The first-order valence-electron chi connectivity index (χ1n) is 5.17. The molecule has 0 amide bonds. The average molecular weight is 273 g/mol. The molecular formula is C12H17BrO2. The summed E-state index contributed by atoms with van der Waals surface area (Å²) < 4.78 is 4.83. The molecule has 0 aromatic carbocycles. The van der Waals surface area contributed by atoms with Gasteiger partial charge in [0, 0.05) is 17.7 Å². The van der Waals surface area contributed by atoms with Crippen molar-refractivity contribution in [1.29, 1.82) is 0 Å². The third-order valence-corrected chi connectivity index (χ3v) is 2.04. The van der Waals surface area contributed by atoms with Gasteiger partial charge in [-0.15, -0.1) is 0 Å². The maximum absolute atomic E-state index is 11.0. The number of alkyl halides is 1. The Morgan fingerprint density at radius 2 is 2.20 bits per heavy atom. The molecule has 2 nitrogen and oxygen atoms in total.